The largest absolute Gasteiger partial charge is 0.339 e. The van der Waals surface area contributed by atoms with Gasteiger partial charge in [0.15, 0.2) is 9.84 Å². The first kappa shape index (κ1) is 20.8. The van der Waals surface area contributed by atoms with Crippen molar-refractivity contribution in [2.24, 2.45) is 0 Å². The van der Waals surface area contributed by atoms with Gasteiger partial charge >= 0.3 is 0 Å². The summed E-state index contributed by atoms with van der Waals surface area (Å²) in [6.07, 6.45) is 3.95. The minimum atomic E-state index is -3.39. The van der Waals surface area contributed by atoms with Gasteiger partial charge in [0.2, 0.25) is 17.6 Å². The Morgan fingerprint density at radius 2 is 2.00 bits per heavy atom. The van der Waals surface area contributed by atoms with E-state index < -0.39 is 20.5 Å². The average Bonchev–Trinajstić information content (AvgIpc) is 3.41. The van der Waals surface area contributed by atoms with Crippen molar-refractivity contribution in [3.8, 4) is 11.4 Å². The van der Waals surface area contributed by atoms with Crippen LogP contribution in [0, 0.1) is 13.8 Å². The van der Waals surface area contributed by atoms with Crippen LogP contribution in [0.25, 0.3) is 11.4 Å². The third-order valence-corrected chi connectivity index (χ3v) is 9.07. The van der Waals surface area contributed by atoms with Gasteiger partial charge in [-0.2, -0.15) is 10.1 Å². The molecule has 0 radical (unpaired) electrons. The SMILES string of the molecule is Cc1cc(C)n(CCC(=O)N2CC3(C2)C(c2nc(-c4ccncc4)no2)CCS3(=O)=O)n1. The van der Waals surface area contributed by atoms with Gasteiger partial charge in [0, 0.05) is 49.7 Å². The lowest BCUT2D eigenvalue weighted by Gasteiger charge is -2.49. The number of likely N-dealkylation sites (tertiary alicyclic amines) is 1. The van der Waals surface area contributed by atoms with Crippen molar-refractivity contribution in [1.29, 1.82) is 0 Å². The van der Waals surface area contributed by atoms with Crippen molar-refractivity contribution >= 4 is 15.7 Å². The zero-order valence-corrected chi connectivity index (χ0v) is 18.7. The minimum absolute atomic E-state index is 0.0540. The van der Waals surface area contributed by atoms with E-state index in [0.29, 0.717) is 24.7 Å². The number of sulfone groups is 1. The molecular weight excluding hydrogens is 432 g/mol. The van der Waals surface area contributed by atoms with Crippen molar-refractivity contribution in [3.63, 3.8) is 0 Å². The highest BCUT2D eigenvalue weighted by Crippen LogP contribution is 2.49. The number of pyridine rings is 1. The summed E-state index contributed by atoms with van der Waals surface area (Å²) in [6, 6.07) is 5.49. The summed E-state index contributed by atoms with van der Waals surface area (Å²) in [5, 5.41) is 8.41. The molecule has 2 aliphatic heterocycles. The van der Waals surface area contributed by atoms with Gasteiger partial charge in [-0.05, 0) is 38.5 Å². The number of aryl methyl sites for hydroxylation is 3. The van der Waals surface area contributed by atoms with E-state index in [0.717, 1.165) is 17.0 Å². The standard InChI is InChI=1S/C21H24N6O4S/c1-14-11-15(2)27(24-14)9-5-18(28)26-12-21(13-26)17(6-10-32(21,29)30)20-23-19(25-31-20)16-3-7-22-8-4-16/h3-4,7-8,11,17H,5-6,9-10,12-13H2,1-2H3. The number of nitrogens with zero attached hydrogens (tertiary/aromatic N) is 6. The molecule has 5 heterocycles. The van der Waals surface area contributed by atoms with Crippen LogP contribution in [-0.2, 0) is 21.2 Å². The van der Waals surface area contributed by atoms with Crippen molar-refractivity contribution in [2.75, 3.05) is 18.8 Å². The molecule has 0 aliphatic carbocycles. The maximum absolute atomic E-state index is 13.0. The van der Waals surface area contributed by atoms with E-state index >= 15 is 0 Å². The number of carbonyl (C=O) groups is 1. The number of aromatic nitrogens is 5. The average molecular weight is 457 g/mol. The molecule has 1 atom stereocenters. The summed E-state index contributed by atoms with van der Waals surface area (Å²) in [7, 11) is -3.39. The van der Waals surface area contributed by atoms with Crippen LogP contribution in [0.2, 0.25) is 0 Å². The van der Waals surface area contributed by atoms with E-state index in [2.05, 4.69) is 20.2 Å². The quantitative estimate of drug-likeness (QED) is 0.566. The first-order valence-corrected chi connectivity index (χ1v) is 12.2. The van der Waals surface area contributed by atoms with E-state index in [1.807, 2.05) is 19.9 Å². The van der Waals surface area contributed by atoms with Crippen LogP contribution in [0.15, 0.2) is 35.1 Å². The second kappa shape index (κ2) is 7.51. The van der Waals surface area contributed by atoms with Gasteiger partial charge in [-0.3, -0.25) is 14.5 Å². The topological polar surface area (TPSA) is 124 Å². The predicted octanol–water partition coefficient (Wildman–Crippen LogP) is 1.52. The van der Waals surface area contributed by atoms with Crippen LogP contribution in [0.5, 0.6) is 0 Å². The lowest BCUT2D eigenvalue weighted by atomic mass is 9.83. The lowest BCUT2D eigenvalue weighted by Crippen LogP contribution is -2.67. The van der Waals surface area contributed by atoms with Crippen LogP contribution >= 0.6 is 0 Å². The van der Waals surface area contributed by atoms with Crippen molar-refractivity contribution < 1.29 is 17.7 Å². The van der Waals surface area contributed by atoms with Gasteiger partial charge in [0.25, 0.3) is 0 Å². The Kier molecular flexibility index (Phi) is 4.88. The molecule has 5 rings (SSSR count). The Hall–Kier alpha value is -3.08. The highest BCUT2D eigenvalue weighted by atomic mass is 32.2. The van der Waals surface area contributed by atoms with Gasteiger partial charge in [-0.1, -0.05) is 5.16 Å². The lowest BCUT2D eigenvalue weighted by molar-refractivity contribution is -0.137. The molecule has 11 heteroatoms. The molecule has 0 bridgehead atoms. The van der Waals surface area contributed by atoms with E-state index in [4.69, 9.17) is 4.52 Å². The summed E-state index contributed by atoms with van der Waals surface area (Å²) in [4.78, 5) is 22.8. The second-order valence-corrected chi connectivity index (χ2v) is 11.0. The number of amides is 1. The van der Waals surface area contributed by atoms with Gasteiger partial charge in [-0.25, -0.2) is 8.42 Å². The molecule has 1 spiro atoms. The van der Waals surface area contributed by atoms with Gasteiger partial charge < -0.3 is 9.42 Å². The number of rotatable bonds is 5. The molecular formula is C21H24N6O4S. The number of carbonyl (C=O) groups excluding carboxylic acids is 1. The Morgan fingerprint density at radius 3 is 2.69 bits per heavy atom. The monoisotopic (exact) mass is 456 g/mol. The third kappa shape index (κ3) is 3.31. The molecule has 1 unspecified atom stereocenters. The number of hydrogen-bond donors (Lipinski definition) is 0. The van der Waals surface area contributed by atoms with Crippen molar-refractivity contribution in [3.05, 3.63) is 47.9 Å². The summed E-state index contributed by atoms with van der Waals surface area (Å²) in [5.41, 5.74) is 2.65. The molecule has 10 nitrogen and oxygen atoms in total. The molecule has 32 heavy (non-hydrogen) atoms. The first-order chi connectivity index (χ1) is 15.3. The molecule has 2 saturated heterocycles. The van der Waals surface area contributed by atoms with Gasteiger partial charge in [0.05, 0.1) is 17.4 Å². The summed E-state index contributed by atoms with van der Waals surface area (Å²) < 4.78 is 32.2. The normalized spacial score (nSPS) is 21.1. The Morgan fingerprint density at radius 1 is 1.25 bits per heavy atom. The Labute approximate surface area is 185 Å². The van der Waals surface area contributed by atoms with Gasteiger partial charge in [0.1, 0.15) is 4.75 Å². The second-order valence-electron chi connectivity index (χ2n) is 8.57. The smallest absolute Gasteiger partial charge is 0.231 e. The molecule has 3 aromatic heterocycles. The predicted molar refractivity (Wildman–Crippen MR) is 114 cm³/mol. The van der Waals surface area contributed by atoms with Gasteiger partial charge in [-0.15, -0.1) is 0 Å². The maximum atomic E-state index is 13.0. The maximum Gasteiger partial charge on any atom is 0.231 e. The van der Waals surface area contributed by atoms with Crippen LogP contribution < -0.4 is 0 Å². The highest BCUT2D eigenvalue weighted by Gasteiger charge is 2.64. The Balaban J connectivity index is 1.31. The van der Waals surface area contributed by atoms with Crippen LogP contribution in [0.4, 0.5) is 0 Å². The molecule has 3 aromatic rings. The summed E-state index contributed by atoms with van der Waals surface area (Å²) >= 11 is 0. The fraction of sp³-hybridized carbons (Fsp3) is 0.476. The van der Waals surface area contributed by atoms with E-state index in [1.54, 1.807) is 34.1 Å². The summed E-state index contributed by atoms with van der Waals surface area (Å²) in [6.45, 7) is 4.64. The Bertz CT molecular complexity index is 1260. The van der Waals surface area contributed by atoms with Crippen molar-refractivity contribution in [2.45, 2.75) is 43.9 Å². The molecule has 1 amide bonds. The number of hydrogen-bond acceptors (Lipinski definition) is 8. The molecule has 0 aromatic carbocycles. The van der Waals surface area contributed by atoms with Crippen LogP contribution in [0.3, 0.4) is 0 Å². The molecule has 2 fully saturated rings. The molecule has 168 valence electrons. The third-order valence-electron chi connectivity index (χ3n) is 6.52. The zero-order chi connectivity index (χ0) is 22.5. The minimum Gasteiger partial charge on any atom is -0.339 e. The first-order valence-electron chi connectivity index (χ1n) is 10.5. The molecule has 0 saturated carbocycles. The molecule has 2 aliphatic rings. The zero-order valence-electron chi connectivity index (χ0n) is 17.9. The van der Waals surface area contributed by atoms with E-state index in [-0.39, 0.29) is 31.2 Å². The van der Waals surface area contributed by atoms with Crippen molar-refractivity contribution in [1.82, 2.24) is 29.8 Å². The van der Waals surface area contributed by atoms with Crippen LogP contribution in [0.1, 0.15) is 36.0 Å². The molecule has 0 N–H and O–H groups in total. The highest BCUT2D eigenvalue weighted by molar-refractivity contribution is 7.93. The summed E-state index contributed by atoms with van der Waals surface area (Å²) in [5.74, 6) is 0.271. The fourth-order valence-corrected chi connectivity index (χ4v) is 7.06. The van der Waals surface area contributed by atoms with Crippen LogP contribution in [-0.4, -0.2) is 67.7 Å². The van der Waals surface area contributed by atoms with E-state index in [1.165, 1.54) is 0 Å². The van der Waals surface area contributed by atoms with E-state index in [9.17, 15) is 13.2 Å². The fourth-order valence-electron chi connectivity index (χ4n) is 4.75.